The molecular weight excluding hydrogens is 286 g/mol. The van der Waals surface area contributed by atoms with Gasteiger partial charge in [-0.05, 0) is 24.1 Å². The minimum Gasteiger partial charge on any atom is -0.395 e. The van der Waals surface area contributed by atoms with E-state index in [1.165, 1.54) is 11.4 Å². The number of nitrogens with zero attached hydrogens (tertiary/aromatic N) is 1. The second-order valence-corrected chi connectivity index (χ2v) is 6.86. The lowest BCUT2D eigenvalue weighted by Crippen LogP contribution is -2.40. The van der Waals surface area contributed by atoms with E-state index in [9.17, 15) is 13.5 Å². The summed E-state index contributed by atoms with van der Waals surface area (Å²) in [6.45, 7) is -0.225. The lowest BCUT2D eigenvalue weighted by Gasteiger charge is -2.26. The van der Waals surface area contributed by atoms with E-state index < -0.39 is 16.1 Å². The third kappa shape index (κ3) is 3.69. The zero-order valence-corrected chi connectivity index (χ0v) is 12.7. The zero-order valence-electron chi connectivity index (χ0n) is 11.9. The summed E-state index contributed by atoms with van der Waals surface area (Å²) in [5, 5.41) is 9.56. The standard InChI is InChI=1S/C16H19NO3S/c1-17(21(19,20)16-10-6-3-7-11-16)15(13-18)12-14-8-4-2-5-9-14/h2-11,15,18H,12-13H2,1H3/t15-/m0/s1. The van der Waals surface area contributed by atoms with E-state index in [-0.39, 0.29) is 11.5 Å². The summed E-state index contributed by atoms with van der Waals surface area (Å²) >= 11 is 0. The minimum absolute atomic E-state index is 0.225. The van der Waals surface area contributed by atoms with Crippen molar-refractivity contribution in [2.45, 2.75) is 17.4 Å². The summed E-state index contributed by atoms with van der Waals surface area (Å²) in [5.41, 5.74) is 0.992. The monoisotopic (exact) mass is 305 g/mol. The molecule has 2 rings (SSSR count). The van der Waals surface area contributed by atoms with Crippen LogP contribution in [0.15, 0.2) is 65.6 Å². The highest BCUT2D eigenvalue weighted by atomic mass is 32.2. The first-order valence-corrected chi connectivity index (χ1v) is 8.17. The molecule has 4 nitrogen and oxygen atoms in total. The van der Waals surface area contributed by atoms with Crippen LogP contribution in [0.2, 0.25) is 0 Å². The van der Waals surface area contributed by atoms with Crippen LogP contribution in [0.4, 0.5) is 0 Å². The molecule has 112 valence electrons. The van der Waals surface area contributed by atoms with Crippen LogP contribution < -0.4 is 0 Å². The topological polar surface area (TPSA) is 57.6 Å². The van der Waals surface area contributed by atoms with Crippen LogP contribution >= 0.6 is 0 Å². The molecule has 0 amide bonds. The van der Waals surface area contributed by atoms with Gasteiger partial charge in [0.2, 0.25) is 10.0 Å². The van der Waals surface area contributed by atoms with Gasteiger partial charge in [0.15, 0.2) is 0 Å². The van der Waals surface area contributed by atoms with Crippen molar-refractivity contribution in [2.75, 3.05) is 13.7 Å². The van der Waals surface area contributed by atoms with Gasteiger partial charge in [-0.2, -0.15) is 4.31 Å². The van der Waals surface area contributed by atoms with Gasteiger partial charge < -0.3 is 5.11 Å². The molecule has 0 bridgehead atoms. The summed E-state index contributed by atoms with van der Waals surface area (Å²) in [4.78, 5) is 0.235. The predicted molar refractivity (Wildman–Crippen MR) is 82.4 cm³/mol. The average molecular weight is 305 g/mol. The maximum atomic E-state index is 12.5. The Labute approximate surface area is 125 Å². The van der Waals surface area contributed by atoms with Gasteiger partial charge in [-0.3, -0.25) is 0 Å². The molecule has 0 unspecified atom stereocenters. The van der Waals surface area contributed by atoms with Crippen molar-refractivity contribution >= 4 is 10.0 Å². The zero-order chi connectivity index (χ0) is 15.3. The van der Waals surface area contributed by atoms with Gasteiger partial charge in [0.25, 0.3) is 0 Å². The quantitative estimate of drug-likeness (QED) is 0.887. The highest BCUT2D eigenvalue weighted by Gasteiger charge is 2.27. The maximum absolute atomic E-state index is 12.5. The van der Waals surface area contributed by atoms with Crippen LogP contribution in [-0.4, -0.2) is 37.5 Å². The summed E-state index contributed by atoms with van der Waals surface area (Å²) in [6.07, 6.45) is 0.472. The molecule has 2 aromatic rings. The number of aliphatic hydroxyl groups excluding tert-OH is 1. The van der Waals surface area contributed by atoms with Gasteiger partial charge in [0, 0.05) is 7.05 Å². The number of likely N-dealkylation sites (N-methyl/N-ethyl adjacent to an activating group) is 1. The summed E-state index contributed by atoms with van der Waals surface area (Å²) in [5.74, 6) is 0. The molecule has 1 N–H and O–H groups in total. The fourth-order valence-corrected chi connectivity index (χ4v) is 3.52. The molecule has 2 aromatic carbocycles. The smallest absolute Gasteiger partial charge is 0.243 e. The Morgan fingerprint density at radius 1 is 1.00 bits per heavy atom. The largest absolute Gasteiger partial charge is 0.395 e. The number of aliphatic hydroxyl groups is 1. The second kappa shape index (κ2) is 6.85. The lowest BCUT2D eigenvalue weighted by molar-refractivity contribution is 0.201. The molecule has 0 fully saturated rings. The molecule has 0 aromatic heterocycles. The van der Waals surface area contributed by atoms with E-state index in [0.29, 0.717) is 6.42 Å². The van der Waals surface area contributed by atoms with Crippen LogP contribution in [0.1, 0.15) is 5.56 Å². The Bertz CT molecular complexity index is 656. The van der Waals surface area contributed by atoms with Gasteiger partial charge in [-0.1, -0.05) is 48.5 Å². The van der Waals surface area contributed by atoms with E-state index in [2.05, 4.69) is 0 Å². The van der Waals surface area contributed by atoms with Crippen LogP contribution in [0.25, 0.3) is 0 Å². The van der Waals surface area contributed by atoms with E-state index in [1.807, 2.05) is 30.3 Å². The van der Waals surface area contributed by atoms with E-state index in [4.69, 9.17) is 0 Å². The molecule has 0 heterocycles. The van der Waals surface area contributed by atoms with Crippen molar-refractivity contribution in [3.63, 3.8) is 0 Å². The number of sulfonamides is 1. The number of benzene rings is 2. The first kappa shape index (κ1) is 15.7. The highest BCUT2D eigenvalue weighted by Crippen LogP contribution is 2.18. The van der Waals surface area contributed by atoms with Gasteiger partial charge in [0.1, 0.15) is 0 Å². The highest BCUT2D eigenvalue weighted by molar-refractivity contribution is 7.89. The molecule has 5 heteroatoms. The Balaban J connectivity index is 2.22. The van der Waals surface area contributed by atoms with Crippen molar-refractivity contribution in [1.29, 1.82) is 0 Å². The molecule has 21 heavy (non-hydrogen) atoms. The molecular formula is C16H19NO3S. The Morgan fingerprint density at radius 3 is 2.05 bits per heavy atom. The van der Waals surface area contributed by atoms with Gasteiger partial charge in [-0.15, -0.1) is 0 Å². The SMILES string of the molecule is CN([C@H](CO)Cc1ccccc1)S(=O)(=O)c1ccccc1. The van der Waals surface area contributed by atoms with Crippen molar-refractivity contribution in [2.24, 2.45) is 0 Å². The van der Waals surface area contributed by atoms with Crippen LogP contribution in [0.3, 0.4) is 0 Å². The first-order valence-electron chi connectivity index (χ1n) is 6.73. The predicted octanol–water partition coefficient (Wildman–Crippen LogP) is 1.91. The Hall–Kier alpha value is -1.69. The van der Waals surface area contributed by atoms with Crippen LogP contribution in [-0.2, 0) is 16.4 Å². The van der Waals surface area contributed by atoms with Crippen molar-refractivity contribution in [1.82, 2.24) is 4.31 Å². The van der Waals surface area contributed by atoms with Gasteiger partial charge in [0.05, 0.1) is 17.5 Å². The normalized spacial score (nSPS) is 13.3. The van der Waals surface area contributed by atoms with E-state index in [1.54, 1.807) is 30.3 Å². The third-order valence-electron chi connectivity index (χ3n) is 3.46. The summed E-state index contributed by atoms with van der Waals surface area (Å²) in [7, 11) is -2.09. The molecule has 0 spiro atoms. The first-order chi connectivity index (χ1) is 10.1. The Kier molecular flexibility index (Phi) is 5.12. The number of rotatable bonds is 6. The Morgan fingerprint density at radius 2 is 1.52 bits per heavy atom. The molecule has 0 aliphatic rings. The van der Waals surface area contributed by atoms with Crippen LogP contribution in [0, 0.1) is 0 Å². The second-order valence-electron chi connectivity index (χ2n) is 4.86. The van der Waals surface area contributed by atoms with E-state index in [0.717, 1.165) is 5.56 Å². The summed E-state index contributed by atoms with van der Waals surface area (Å²) in [6, 6.07) is 17.3. The molecule has 0 aliphatic carbocycles. The van der Waals surface area contributed by atoms with Crippen molar-refractivity contribution in [3.8, 4) is 0 Å². The van der Waals surface area contributed by atoms with Gasteiger partial charge >= 0.3 is 0 Å². The van der Waals surface area contributed by atoms with Crippen molar-refractivity contribution < 1.29 is 13.5 Å². The molecule has 0 saturated carbocycles. The fraction of sp³-hybridized carbons (Fsp3) is 0.250. The van der Waals surface area contributed by atoms with Gasteiger partial charge in [-0.25, -0.2) is 8.42 Å². The van der Waals surface area contributed by atoms with Crippen molar-refractivity contribution in [3.05, 3.63) is 66.2 Å². The number of hydrogen-bond acceptors (Lipinski definition) is 3. The average Bonchev–Trinajstić information content (AvgIpc) is 2.53. The molecule has 1 atom stereocenters. The number of hydrogen-bond donors (Lipinski definition) is 1. The molecule has 0 aliphatic heterocycles. The fourth-order valence-electron chi connectivity index (χ4n) is 2.15. The third-order valence-corrected chi connectivity index (χ3v) is 5.38. The minimum atomic E-state index is -3.60. The molecule has 0 radical (unpaired) electrons. The maximum Gasteiger partial charge on any atom is 0.243 e. The van der Waals surface area contributed by atoms with E-state index >= 15 is 0 Å². The summed E-state index contributed by atoms with van der Waals surface area (Å²) < 4.78 is 26.3. The lowest BCUT2D eigenvalue weighted by atomic mass is 10.1. The van der Waals surface area contributed by atoms with Crippen LogP contribution in [0.5, 0.6) is 0 Å². The molecule has 0 saturated heterocycles.